The van der Waals surface area contributed by atoms with Crippen molar-refractivity contribution in [1.29, 1.82) is 0 Å². The molecular weight excluding hydrogens is 306 g/mol. The number of anilines is 1. The molecule has 0 saturated heterocycles. The van der Waals surface area contributed by atoms with E-state index in [0.717, 1.165) is 13.0 Å². The highest BCUT2D eigenvalue weighted by Gasteiger charge is 2.08. The van der Waals surface area contributed by atoms with Crippen LogP contribution in [0.15, 0.2) is 35.9 Å². The Labute approximate surface area is 142 Å². The molecule has 1 aromatic carbocycles. The average Bonchev–Trinajstić information content (AvgIpc) is 2.51. The summed E-state index contributed by atoms with van der Waals surface area (Å²) in [4.78, 5) is 37.1. The molecule has 0 aliphatic carbocycles. The third-order valence-corrected chi connectivity index (χ3v) is 3.34. The molecule has 24 heavy (non-hydrogen) atoms. The molecular formula is C18H25N3O3. The zero-order valence-corrected chi connectivity index (χ0v) is 14.7. The summed E-state index contributed by atoms with van der Waals surface area (Å²) in [6.45, 7) is 4.52. The Balaban J connectivity index is 2.50. The van der Waals surface area contributed by atoms with Gasteiger partial charge in [-0.05, 0) is 65.2 Å². The van der Waals surface area contributed by atoms with Gasteiger partial charge in [0, 0.05) is 29.4 Å². The van der Waals surface area contributed by atoms with Gasteiger partial charge in [-0.15, -0.1) is 0 Å². The van der Waals surface area contributed by atoms with Crippen molar-refractivity contribution in [3.63, 3.8) is 0 Å². The molecule has 0 bridgehead atoms. The maximum atomic E-state index is 12.1. The minimum absolute atomic E-state index is 0.0325. The van der Waals surface area contributed by atoms with Gasteiger partial charge in [-0.2, -0.15) is 0 Å². The molecule has 0 aromatic heterocycles. The molecule has 1 rings (SSSR count). The van der Waals surface area contributed by atoms with Gasteiger partial charge in [0.1, 0.15) is 0 Å². The normalized spacial score (nSPS) is 11.3. The van der Waals surface area contributed by atoms with Crippen LogP contribution in [0.2, 0.25) is 0 Å². The van der Waals surface area contributed by atoms with Crippen LogP contribution in [-0.4, -0.2) is 49.7 Å². The molecule has 0 aliphatic heterocycles. The molecule has 6 heteroatoms. The number of ketones is 1. The second-order valence-electron chi connectivity index (χ2n) is 5.86. The Kier molecular flexibility index (Phi) is 7.85. The van der Waals surface area contributed by atoms with Gasteiger partial charge in [0.2, 0.25) is 5.91 Å². The smallest absolute Gasteiger partial charge is 0.251 e. The first-order valence-electron chi connectivity index (χ1n) is 7.83. The molecule has 0 spiro atoms. The fraction of sp³-hybridized carbons (Fsp3) is 0.389. The number of hydrogen-bond donors (Lipinski definition) is 2. The first-order valence-corrected chi connectivity index (χ1v) is 7.83. The highest BCUT2D eigenvalue weighted by Crippen LogP contribution is 2.11. The monoisotopic (exact) mass is 331 g/mol. The van der Waals surface area contributed by atoms with E-state index in [1.165, 1.54) is 13.0 Å². The van der Waals surface area contributed by atoms with Crippen LogP contribution in [0.1, 0.15) is 30.6 Å². The van der Waals surface area contributed by atoms with Gasteiger partial charge in [0.05, 0.1) is 0 Å². The van der Waals surface area contributed by atoms with E-state index in [1.54, 1.807) is 31.2 Å². The topological polar surface area (TPSA) is 78.5 Å². The van der Waals surface area contributed by atoms with Crippen molar-refractivity contribution in [2.75, 3.05) is 32.5 Å². The molecule has 2 N–H and O–H groups in total. The van der Waals surface area contributed by atoms with E-state index in [9.17, 15) is 14.4 Å². The lowest BCUT2D eigenvalue weighted by molar-refractivity contribution is -0.117. The van der Waals surface area contributed by atoms with Crippen LogP contribution in [0.3, 0.4) is 0 Å². The van der Waals surface area contributed by atoms with E-state index >= 15 is 0 Å². The molecule has 0 saturated carbocycles. The maximum absolute atomic E-state index is 12.1. The Hall–Kier alpha value is -2.47. The molecule has 0 heterocycles. The number of benzene rings is 1. The zero-order chi connectivity index (χ0) is 18.1. The molecule has 0 radical (unpaired) electrons. The average molecular weight is 331 g/mol. The first kappa shape index (κ1) is 19.6. The summed E-state index contributed by atoms with van der Waals surface area (Å²) in [6, 6.07) is 6.61. The highest BCUT2D eigenvalue weighted by atomic mass is 16.2. The van der Waals surface area contributed by atoms with Crippen molar-refractivity contribution in [3.05, 3.63) is 41.5 Å². The molecule has 130 valence electrons. The molecule has 6 nitrogen and oxygen atoms in total. The lowest BCUT2D eigenvalue weighted by Crippen LogP contribution is -2.26. The van der Waals surface area contributed by atoms with Gasteiger partial charge in [-0.3, -0.25) is 14.4 Å². The van der Waals surface area contributed by atoms with E-state index in [4.69, 9.17) is 0 Å². The number of nitrogens with zero attached hydrogens (tertiary/aromatic N) is 1. The summed E-state index contributed by atoms with van der Waals surface area (Å²) in [5.41, 5.74) is 1.47. The number of rotatable bonds is 8. The van der Waals surface area contributed by atoms with Crippen LogP contribution >= 0.6 is 0 Å². The Bertz CT molecular complexity index is 619. The van der Waals surface area contributed by atoms with Gasteiger partial charge in [-0.1, -0.05) is 0 Å². The molecule has 0 aliphatic rings. The van der Waals surface area contributed by atoms with Crippen LogP contribution in [0.5, 0.6) is 0 Å². The van der Waals surface area contributed by atoms with Crippen LogP contribution in [-0.2, 0) is 9.59 Å². The fourth-order valence-corrected chi connectivity index (χ4v) is 1.94. The quantitative estimate of drug-likeness (QED) is 0.433. The van der Waals surface area contributed by atoms with Gasteiger partial charge in [0.25, 0.3) is 5.91 Å². The summed E-state index contributed by atoms with van der Waals surface area (Å²) in [5.74, 6) is -0.669. The maximum Gasteiger partial charge on any atom is 0.251 e. The number of carbonyl (C=O) groups excluding carboxylic acids is 3. The van der Waals surface area contributed by atoms with Gasteiger partial charge in [-0.25, -0.2) is 0 Å². The van der Waals surface area contributed by atoms with Gasteiger partial charge < -0.3 is 15.5 Å². The number of nitrogens with one attached hydrogen (secondary N) is 2. The number of Topliss-reactive ketones (excluding diaryl/α,β-unsaturated/α-hetero) is 1. The summed E-state index contributed by atoms with van der Waals surface area (Å²) in [7, 11) is 3.94. The number of carbonyl (C=O) groups is 3. The minimum Gasteiger partial charge on any atom is -0.352 e. The van der Waals surface area contributed by atoms with E-state index in [0.29, 0.717) is 23.4 Å². The van der Waals surface area contributed by atoms with Crippen molar-refractivity contribution >= 4 is 23.3 Å². The minimum atomic E-state index is -0.353. The summed E-state index contributed by atoms with van der Waals surface area (Å²) < 4.78 is 0. The molecule has 1 aromatic rings. The predicted molar refractivity (Wildman–Crippen MR) is 95.0 cm³/mol. The van der Waals surface area contributed by atoms with Crippen LogP contribution < -0.4 is 10.6 Å². The van der Waals surface area contributed by atoms with Crippen LogP contribution in [0.25, 0.3) is 0 Å². The molecule has 0 atom stereocenters. The number of amides is 2. The summed E-state index contributed by atoms with van der Waals surface area (Å²) in [6.07, 6.45) is 2.13. The Morgan fingerprint density at radius 2 is 1.71 bits per heavy atom. The van der Waals surface area contributed by atoms with Gasteiger partial charge in [0.15, 0.2) is 5.78 Å². The number of hydrogen-bond acceptors (Lipinski definition) is 4. The lowest BCUT2D eigenvalue weighted by atomic mass is 10.1. The summed E-state index contributed by atoms with van der Waals surface area (Å²) in [5, 5.41) is 5.44. The highest BCUT2D eigenvalue weighted by molar-refractivity contribution is 6.07. The van der Waals surface area contributed by atoms with Crippen LogP contribution in [0.4, 0.5) is 5.69 Å². The molecule has 2 amide bonds. The Morgan fingerprint density at radius 1 is 1.08 bits per heavy atom. The van der Waals surface area contributed by atoms with E-state index < -0.39 is 0 Å². The first-order chi connectivity index (χ1) is 11.3. The standard InChI is InChI=1S/C18H25N3O3/c1-13(12-17(23)19-10-5-11-21(3)4)18(24)20-16-8-6-15(7-9-16)14(2)22/h6-9,12H,5,10-11H2,1-4H3,(H,19,23)(H,20,24)/b13-12-. The van der Waals surface area contributed by atoms with E-state index in [2.05, 4.69) is 10.6 Å². The van der Waals surface area contributed by atoms with Crippen molar-refractivity contribution in [1.82, 2.24) is 10.2 Å². The summed E-state index contributed by atoms with van der Waals surface area (Å²) >= 11 is 0. The van der Waals surface area contributed by atoms with Crippen molar-refractivity contribution in [3.8, 4) is 0 Å². The largest absolute Gasteiger partial charge is 0.352 e. The van der Waals surface area contributed by atoms with E-state index in [1.807, 2.05) is 19.0 Å². The van der Waals surface area contributed by atoms with E-state index in [-0.39, 0.29) is 17.6 Å². The lowest BCUT2D eigenvalue weighted by Gasteiger charge is -2.09. The fourth-order valence-electron chi connectivity index (χ4n) is 1.94. The van der Waals surface area contributed by atoms with Gasteiger partial charge >= 0.3 is 0 Å². The second-order valence-corrected chi connectivity index (χ2v) is 5.86. The van der Waals surface area contributed by atoms with Crippen molar-refractivity contribution < 1.29 is 14.4 Å². The predicted octanol–water partition coefficient (Wildman–Crippen LogP) is 1.84. The molecule has 0 unspecified atom stereocenters. The molecule has 0 fully saturated rings. The van der Waals surface area contributed by atoms with Crippen molar-refractivity contribution in [2.24, 2.45) is 0 Å². The second kappa shape index (κ2) is 9.62. The van der Waals surface area contributed by atoms with Crippen LogP contribution in [0, 0.1) is 0 Å². The Morgan fingerprint density at radius 3 is 2.25 bits per heavy atom. The zero-order valence-electron chi connectivity index (χ0n) is 14.7. The SMILES string of the molecule is CC(=O)c1ccc(NC(=O)/C(C)=C\C(=O)NCCCN(C)C)cc1. The van der Waals surface area contributed by atoms with Crippen molar-refractivity contribution in [2.45, 2.75) is 20.3 Å². The third-order valence-electron chi connectivity index (χ3n) is 3.34. The third kappa shape index (κ3) is 7.19.